The number of hydrogen-bond donors (Lipinski definition) is 1. The summed E-state index contributed by atoms with van der Waals surface area (Å²) >= 11 is 2.31. The number of fused-ring (bicyclic) bond motifs is 1. The third kappa shape index (κ3) is 1.99. The topological polar surface area (TPSA) is 35.2 Å². The number of benzene rings is 1. The highest BCUT2D eigenvalue weighted by Gasteiger charge is 2.36. The van der Waals surface area contributed by atoms with Gasteiger partial charge in [0.15, 0.2) is 0 Å². The Morgan fingerprint density at radius 3 is 2.93 bits per heavy atom. The lowest BCUT2D eigenvalue weighted by molar-refractivity contribution is 0.231. The molecule has 0 amide bonds. The molecule has 0 fully saturated rings. The van der Waals surface area contributed by atoms with Gasteiger partial charge in [-0.05, 0) is 46.7 Å². The maximum absolute atomic E-state index is 5.82. The summed E-state index contributed by atoms with van der Waals surface area (Å²) in [4.78, 5) is 0. The molecule has 1 aromatic carbocycles. The van der Waals surface area contributed by atoms with Gasteiger partial charge in [-0.1, -0.05) is 19.9 Å². The molecule has 82 valence electrons. The first-order chi connectivity index (χ1) is 7.04. The van der Waals surface area contributed by atoms with Crippen LogP contribution in [0.4, 0.5) is 0 Å². The van der Waals surface area contributed by atoms with Gasteiger partial charge in [-0.25, -0.2) is 0 Å². The number of nitrogens with two attached hydrogens (primary N) is 1. The molecule has 2 nitrogen and oxygen atoms in total. The van der Waals surface area contributed by atoms with E-state index >= 15 is 0 Å². The van der Waals surface area contributed by atoms with Crippen molar-refractivity contribution in [1.82, 2.24) is 0 Å². The van der Waals surface area contributed by atoms with Crippen LogP contribution in [-0.4, -0.2) is 13.2 Å². The molecule has 1 atom stereocenters. The van der Waals surface area contributed by atoms with Crippen LogP contribution >= 0.6 is 22.6 Å². The third-order valence-corrected chi connectivity index (χ3v) is 3.90. The quantitative estimate of drug-likeness (QED) is 0.851. The first kappa shape index (κ1) is 11.2. The molecule has 0 radical (unpaired) electrons. The summed E-state index contributed by atoms with van der Waals surface area (Å²) in [5.41, 5.74) is 7.24. The van der Waals surface area contributed by atoms with E-state index in [-0.39, 0.29) is 5.41 Å². The molecule has 0 spiro atoms. The molecule has 1 unspecified atom stereocenters. The van der Waals surface area contributed by atoms with E-state index < -0.39 is 0 Å². The molecule has 15 heavy (non-hydrogen) atoms. The van der Waals surface area contributed by atoms with E-state index in [1.54, 1.807) is 0 Å². The zero-order valence-electron chi connectivity index (χ0n) is 9.09. The number of ether oxygens (including phenoxy) is 1. The summed E-state index contributed by atoms with van der Waals surface area (Å²) in [6, 6.07) is 6.41. The average Bonchev–Trinajstić information content (AvgIpc) is 2.61. The summed E-state index contributed by atoms with van der Waals surface area (Å²) in [5, 5.41) is 0. The van der Waals surface area contributed by atoms with E-state index in [9.17, 15) is 0 Å². The third-order valence-electron chi connectivity index (χ3n) is 3.23. The van der Waals surface area contributed by atoms with Crippen LogP contribution in [0.2, 0.25) is 0 Å². The first-order valence-electron chi connectivity index (χ1n) is 5.17. The molecule has 0 saturated carbocycles. The fraction of sp³-hybridized carbons (Fsp3) is 0.500. The molecule has 1 aromatic rings. The zero-order chi connectivity index (χ0) is 11.1. The second kappa shape index (κ2) is 3.94. The maximum Gasteiger partial charge on any atom is 0.123 e. The van der Waals surface area contributed by atoms with E-state index in [0.29, 0.717) is 12.5 Å². The Labute approximate surface area is 104 Å². The highest BCUT2D eigenvalue weighted by atomic mass is 127. The van der Waals surface area contributed by atoms with E-state index in [1.807, 2.05) is 0 Å². The fourth-order valence-corrected chi connectivity index (χ4v) is 2.44. The fourth-order valence-electron chi connectivity index (χ4n) is 1.97. The summed E-state index contributed by atoms with van der Waals surface area (Å²) in [5.74, 6) is 1.46. The molecular formula is C12H16INO. The van der Waals surface area contributed by atoms with Crippen LogP contribution in [0.3, 0.4) is 0 Å². The van der Waals surface area contributed by atoms with Crippen molar-refractivity contribution in [1.29, 1.82) is 0 Å². The van der Waals surface area contributed by atoms with Crippen molar-refractivity contribution >= 4 is 22.6 Å². The van der Waals surface area contributed by atoms with E-state index in [1.165, 1.54) is 9.13 Å². The van der Waals surface area contributed by atoms with Gasteiger partial charge < -0.3 is 10.5 Å². The van der Waals surface area contributed by atoms with Gasteiger partial charge in [-0.15, -0.1) is 0 Å². The van der Waals surface area contributed by atoms with Gasteiger partial charge in [-0.2, -0.15) is 0 Å². The predicted octanol–water partition coefficient (Wildman–Crippen LogP) is 2.75. The van der Waals surface area contributed by atoms with Gasteiger partial charge in [0.05, 0.1) is 6.61 Å². The van der Waals surface area contributed by atoms with Gasteiger partial charge in [-0.3, -0.25) is 0 Å². The Balaban J connectivity index is 2.37. The Bertz CT molecular complexity index is 376. The van der Waals surface area contributed by atoms with Crippen LogP contribution in [0.1, 0.15) is 25.3 Å². The van der Waals surface area contributed by atoms with Crippen molar-refractivity contribution in [3.8, 4) is 5.75 Å². The van der Waals surface area contributed by atoms with Crippen LogP contribution < -0.4 is 10.5 Å². The molecule has 1 heterocycles. The van der Waals surface area contributed by atoms with Gasteiger partial charge in [0, 0.05) is 15.1 Å². The van der Waals surface area contributed by atoms with Gasteiger partial charge >= 0.3 is 0 Å². The highest BCUT2D eigenvalue weighted by Crippen LogP contribution is 2.44. The van der Waals surface area contributed by atoms with Crippen LogP contribution in [0.5, 0.6) is 5.75 Å². The zero-order valence-corrected chi connectivity index (χ0v) is 11.2. The Morgan fingerprint density at radius 1 is 1.53 bits per heavy atom. The lowest BCUT2D eigenvalue weighted by Gasteiger charge is -2.29. The Kier molecular flexibility index (Phi) is 2.94. The summed E-state index contributed by atoms with van der Waals surface area (Å²) in [7, 11) is 0. The van der Waals surface area contributed by atoms with Gasteiger partial charge in [0.25, 0.3) is 0 Å². The minimum absolute atomic E-state index is 0.109. The van der Waals surface area contributed by atoms with Crippen LogP contribution in [0.25, 0.3) is 0 Å². The highest BCUT2D eigenvalue weighted by molar-refractivity contribution is 14.1. The van der Waals surface area contributed by atoms with Crippen molar-refractivity contribution < 1.29 is 4.74 Å². The van der Waals surface area contributed by atoms with Crippen molar-refractivity contribution in [3.63, 3.8) is 0 Å². The molecule has 2 N–H and O–H groups in total. The van der Waals surface area contributed by atoms with E-state index in [0.717, 1.165) is 12.4 Å². The Hall–Kier alpha value is -0.290. The van der Waals surface area contributed by atoms with Gasteiger partial charge in [0.1, 0.15) is 5.75 Å². The second-order valence-electron chi connectivity index (χ2n) is 4.74. The second-order valence-corrected chi connectivity index (χ2v) is 5.98. The largest absolute Gasteiger partial charge is 0.493 e. The lowest BCUT2D eigenvalue weighted by atomic mass is 9.76. The normalized spacial score (nSPS) is 19.9. The van der Waals surface area contributed by atoms with Crippen LogP contribution in [0, 0.1) is 8.99 Å². The molecule has 3 heteroatoms. The average molecular weight is 317 g/mol. The number of halogens is 1. The van der Waals surface area contributed by atoms with E-state index in [2.05, 4.69) is 54.6 Å². The van der Waals surface area contributed by atoms with Crippen molar-refractivity contribution in [3.05, 3.63) is 27.3 Å². The standard InChI is InChI=1S/C12H16INO/c1-12(2,7-14)10-6-15-11-5-8(13)3-4-9(10)11/h3-5,10H,6-7,14H2,1-2H3. The van der Waals surface area contributed by atoms with E-state index in [4.69, 9.17) is 10.5 Å². The molecule has 1 aliphatic rings. The summed E-state index contributed by atoms with van der Waals surface area (Å²) < 4.78 is 6.94. The minimum Gasteiger partial charge on any atom is -0.493 e. The van der Waals surface area contributed by atoms with Crippen molar-refractivity contribution in [2.75, 3.05) is 13.2 Å². The number of rotatable bonds is 2. The van der Waals surface area contributed by atoms with Crippen LogP contribution in [-0.2, 0) is 0 Å². The molecule has 2 rings (SSSR count). The van der Waals surface area contributed by atoms with Crippen molar-refractivity contribution in [2.45, 2.75) is 19.8 Å². The summed E-state index contributed by atoms with van der Waals surface area (Å²) in [6.07, 6.45) is 0. The van der Waals surface area contributed by atoms with Crippen LogP contribution in [0.15, 0.2) is 18.2 Å². The number of hydrogen-bond acceptors (Lipinski definition) is 2. The van der Waals surface area contributed by atoms with Crippen molar-refractivity contribution in [2.24, 2.45) is 11.1 Å². The molecule has 1 aliphatic heterocycles. The molecule has 0 aliphatic carbocycles. The monoisotopic (exact) mass is 317 g/mol. The predicted molar refractivity (Wildman–Crippen MR) is 70.2 cm³/mol. The minimum atomic E-state index is 0.109. The Morgan fingerprint density at radius 2 is 2.27 bits per heavy atom. The SMILES string of the molecule is CC(C)(CN)C1COc2cc(I)ccc21. The molecule has 0 aromatic heterocycles. The smallest absolute Gasteiger partial charge is 0.123 e. The summed E-state index contributed by atoms with van der Waals surface area (Å²) in [6.45, 7) is 5.86. The first-order valence-corrected chi connectivity index (χ1v) is 6.25. The molecule has 0 bridgehead atoms. The maximum atomic E-state index is 5.82. The molecular weight excluding hydrogens is 301 g/mol. The van der Waals surface area contributed by atoms with Gasteiger partial charge in [0.2, 0.25) is 0 Å². The molecule has 0 saturated heterocycles. The lowest BCUT2D eigenvalue weighted by Crippen LogP contribution is -2.31.